The summed E-state index contributed by atoms with van der Waals surface area (Å²) in [4.78, 5) is 12.0. The van der Waals surface area contributed by atoms with Gasteiger partial charge < -0.3 is 14.9 Å². The number of unbranched alkanes of at least 4 members (excludes halogenated alkanes) is 5. The molecule has 0 fully saturated rings. The molecule has 0 heterocycles. The number of phenols is 1. The highest BCUT2D eigenvalue weighted by Gasteiger charge is 2.10. The van der Waals surface area contributed by atoms with Crippen LogP contribution < -0.4 is 4.74 Å². The van der Waals surface area contributed by atoms with Crippen molar-refractivity contribution >= 4 is 17.7 Å². The van der Waals surface area contributed by atoms with Crippen molar-refractivity contribution in [2.45, 2.75) is 56.1 Å². The van der Waals surface area contributed by atoms with Gasteiger partial charge in [-0.25, -0.2) is 4.79 Å². The van der Waals surface area contributed by atoms with E-state index in [-0.39, 0.29) is 5.75 Å². The number of carboxylic acid groups (broad SMARTS) is 1. The third-order valence-corrected chi connectivity index (χ3v) is 5.37. The van der Waals surface area contributed by atoms with E-state index in [9.17, 15) is 15.0 Å². The van der Waals surface area contributed by atoms with Crippen molar-refractivity contribution in [1.82, 2.24) is 0 Å². The molecule has 0 spiro atoms. The zero-order valence-electron chi connectivity index (χ0n) is 15.8. The Labute approximate surface area is 165 Å². The molecule has 2 rings (SSSR count). The van der Waals surface area contributed by atoms with Crippen LogP contribution in [0.2, 0.25) is 0 Å². The molecule has 0 atom stereocenters. The average molecular weight is 389 g/mol. The minimum Gasteiger partial charge on any atom is -0.508 e. The first-order chi connectivity index (χ1) is 13.1. The van der Waals surface area contributed by atoms with Crippen LogP contribution in [0.3, 0.4) is 0 Å². The number of thioether (sulfide) groups is 1. The lowest BCUT2D eigenvalue weighted by Crippen LogP contribution is -1.99. The number of benzene rings is 2. The first-order valence-electron chi connectivity index (χ1n) is 9.51. The predicted molar refractivity (Wildman–Crippen MR) is 110 cm³/mol. The van der Waals surface area contributed by atoms with Gasteiger partial charge in [0.05, 0.1) is 12.2 Å². The lowest BCUT2D eigenvalue weighted by atomic mass is 10.1. The highest BCUT2D eigenvalue weighted by atomic mass is 32.2. The van der Waals surface area contributed by atoms with Crippen LogP contribution in [0.5, 0.6) is 11.5 Å². The summed E-state index contributed by atoms with van der Waals surface area (Å²) in [5.41, 5.74) is 1.19. The van der Waals surface area contributed by atoms with Crippen LogP contribution in [0.15, 0.2) is 47.4 Å². The van der Waals surface area contributed by atoms with Crippen LogP contribution in [0.4, 0.5) is 0 Å². The number of aromatic hydroxyl groups is 1. The lowest BCUT2D eigenvalue weighted by Gasteiger charge is -2.10. The first kappa shape index (κ1) is 21.2. The van der Waals surface area contributed by atoms with Crippen molar-refractivity contribution in [1.29, 1.82) is 0 Å². The standard InChI is InChI=1S/C22H28O4S/c1-2-3-4-5-6-9-12-26-19-14-17(13-18(23)15-19)16-27-21-11-8-7-10-20(21)22(24)25/h7-8,10-11,13-15,23H,2-6,9,12,16H2,1H3,(H,24,25). The molecule has 0 unspecified atom stereocenters. The zero-order chi connectivity index (χ0) is 19.5. The molecule has 4 nitrogen and oxygen atoms in total. The number of rotatable bonds is 12. The Bertz CT molecular complexity index is 730. The van der Waals surface area contributed by atoms with Crippen molar-refractivity contribution < 1.29 is 19.7 Å². The third kappa shape index (κ3) is 7.55. The summed E-state index contributed by atoms with van der Waals surface area (Å²) < 4.78 is 5.78. The molecule has 146 valence electrons. The van der Waals surface area contributed by atoms with Crippen molar-refractivity contribution in [2.24, 2.45) is 0 Å². The predicted octanol–water partition coefficient (Wildman–Crippen LogP) is 6.12. The van der Waals surface area contributed by atoms with Gasteiger partial charge in [-0.3, -0.25) is 0 Å². The van der Waals surface area contributed by atoms with E-state index in [0.29, 0.717) is 28.6 Å². The molecule has 0 saturated carbocycles. The molecule has 0 aliphatic heterocycles. The molecule has 0 bridgehead atoms. The minimum absolute atomic E-state index is 0.164. The number of phenolic OH excluding ortho intramolecular Hbond substituents is 1. The molecule has 0 radical (unpaired) electrons. The van der Waals surface area contributed by atoms with Crippen molar-refractivity contribution in [3.05, 3.63) is 53.6 Å². The van der Waals surface area contributed by atoms with E-state index < -0.39 is 5.97 Å². The van der Waals surface area contributed by atoms with Gasteiger partial charge in [-0.15, -0.1) is 11.8 Å². The van der Waals surface area contributed by atoms with Gasteiger partial charge in [-0.05, 0) is 36.2 Å². The number of hydrogen-bond acceptors (Lipinski definition) is 4. The Morgan fingerprint density at radius 2 is 1.78 bits per heavy atom. The summed E-state index contributed by atoms with van der Waals surface area (Å²) >= 11 is 1.44. The Kier molecular flexibility index (Phi) is 9.05. The van der Waals surface area contributed by atoms with Crippen LogP contribution in [-0.4, -0.2) is 22.8 Å². The molecule has 0 aliphatic carbocycles. The second-order valence-electron chi connectivity index (χ2n) is 6.54. The molecule has 0 aromatic heterocycles. The summed E-state index contributed by atoms with van der Waals surface area (Å²) in [6.07, 6.45) is 7.23. The van der Waals surface area contributed by atoms with Gasteiger partial charge >= 0.3 is 5.97 Å². The van der Waals surface area contributed by atoms with Crippen molar-refractivity contribution in [3.8, 4) is 11.5 Å². The van der Waals surface area contributed by atoms with Crippen LogP contribution >= 0.6 is 11.8 Å². The molecule has 0 amide bonds. The number of aromatic carboxylic acids is 1. The molecule has 0 saturated heterocycles. The summed E-state index contributed by atoms with van der Waals surface area (Å²) in [6.45, 7) is 2.85. The van der Waals surface area contributed by atoms with Gasteiger partial charge in [0.1, 0.15) is 11.5 Å². The van der Waals surface area contributed by atoms with Crippen molar-refractivity contribution in [3.63, 3.8) is 0 Å². The van der Waals surface area contributed by atoms with E-state index in [1.165, 1.54) is 37.4 Å². The second-order valence-corrected chi connectivity index (χ2v) is 7.56. The maximum absolute atomic E-state index is 11.3. The number of carboxylic acids is 1. The third-order valence-electron chi connectivity index (χ3n) is 4.23. The number of hydrogen-bond donors (Lipinski definition) is 2. The van der Waals surface area contributed by atoms with E-state index >= 15 is 0 Å². The topological polar surface area (TPSA) is 66.8 Å². The highest BCUT2D eigenvalue weighted by Crippen LogP contribution is 2.30. The highest BCUT2D eigenvalue weighted by molar-refractivity contribution is 7.98. The quantitative estimate of drug-likeness (QED) is 0.338. The minimum atomic E-state index is -0.933. The molecule has 0 aliphatic rings. The monoisotopic (exact) mass is 388 g/mol. The van der Waals surface area contributed by atoms with E-state index in [4.69, 9.17) is 4.74 Å². The molecule has 27 heavy (non-hydrogen) atoms. The van der Waals surface area contributed by atoms with Crippen LogP contribution in [-0.2, 0) is 5.75 Å². The fraction of sp³-hybridized carbons (Fsp3) is 0.409. The normalized spacial score (nSPS) is 10.7. The molecule has 5 heteroatoms. The summed E-state index contributed by atoms with van der Waals surface area (Å²) in [6, 6.07) is 12.2. The fourth-order valence-electron chi connectivity index (χ4n) is 2.81. The Morgan fingerprint density at radius 1 is 1.04 bits per heavy atom. The van der Waals surface area contributed by atoms with Gasteiger partial charge in [0, 0.05) is 16.7 Å². The molecular weight excluding hydrogens is 360 g/mol. The number of ether oxygens (including phenoxy) is 1. The SMILES string of the molecule is CCCCCCCCOc1cc(O)cc(CSc2ccccc2C(=O)O)c1. The van der Waals surface area contributed by atoms with Crippen LogP contribution in [0, 0.1) is 0 Å². The number of carbonyl (C=O) groups is 1. The Morgan fingerprint density at radius 3 is 2.56 bits per heavy atom. The summed E-state index contributed by atoms with van der Waals surface area (Å²) in [7, 11) is 0. The smallest absolute Gasteiger partial charge is 0.336 e. The lowest BCUT2D eigenvalue weighted by molar-refractivity contribution is 0.0693. The van der Waals surface area contributed by atoms with E-state index in [0.717, 1.165) is 18.4 Å². The zero-order valence-corrected chi connectivity index (χ0v) is 16.6. The first-order valence-corrected chi connectivity index (χ1v) is 10.5. The van der Waals surface area contributed by atoms with E-state index in [1.807, 2.05) is 12.1 Å². The summed E-state index contributed by atoms with van der Waals surface area (Å²) in [5.74, 6) is 0.451. The van der Waals surface area contributed by atoms with Gasteiger partial charge in [0.2, 0.25) is 0 Å². The maximum Gasteiger partial charge on any atom is 0.336 e. The van der Waals surface area contributed by atoms with E-state index in [1.54, 1.807) is 30.3 Å². The van der Waals surface area contributed by atoms with Crippen LogP contribution in [0.1, 0.15) is 61.4 Å². The van der Waals surface area contributed by atoms with E-state index in [2.05, 4.69) is 6.92 Å². The van der Waals surface area contributed by atoms with Crippen molar-refractivity contribution in [2.75, 3.05) is 6.61 Å². The van der Waals surface area contributed by atoms with Gasteiger partial charge in [0.25, 0.3) is 0 Å². The van der Waals surface area contributed by atoms with Crippen LogP contribution in [0.25, 0.3) is 0 Å². The molecule has 2 aromatic rings. The van der Waals surface area contributed by atoms with Gasteiger partial charge in [0.15, 0.2) is 0 Å². The largest absolute Gasteiger partial charge is 0.508 e. The van der Waals surface area contributed by atoms with Gasteiger partial charge in [-0.2, -0.15) is 0 Å². The maximum atomic E-state index is 11.3. The summed E-state index contributed by atoms with van der Waals surface area (Å²) in [5, 5.41) is 19.2. The second kappa shape index (κ2) is 11.5. The molecule has 2 aromatic carbocycles. The fourth-order valence-corrected chi connectivity index (χ4v) is 3.79. The van der Waals surface area contributed by atoms with Gasteiger partial charge in [-0.1, -0.05) is 51.2 Å². The Hall–Kier alpha value is -2.14. The molecular formula is C22H28O4S. The Balaban J connectivity index is 1.87. The average Bonchev–Trinajstić information content (AvgIpc) is 2.65. The molecule has 2 N–H and O–H groups in total.